The van der Waals surface area contributed by atoms with Crippen LogP contribution >= 0.6 is 11.6 Å². The normalized spacial score (nSPS) is 10.9. The van der Waals surface area contributed by atoms with E-state index in [0.717, 1.165) is 6.07 Å². The first-order valence-electron chi connectivity index (χ1n) is 6.41. The van der Waals surface area contributed by atoms with Crippen LogP contribution in [0.4, 0.5) is 10.1 Å². The number of hydrogen-bond acceptors (Lipinski definition) is 2. The molecule has 0 fully saturated rings. The van der Waals surface area contributed by atoms with Crippen molar-refractivity contribution in [2.75, 3.05) is 5.32 Å². The third kappa shape index (κ3) is 2.48. The first-order valence-corrected chi connectivity index (χ1v) is 6.78. The van der Waals surface area contributed by atoms with Crippen molar-refractivity contribution in [2.24, 2.45) is 7.05 Å². The number of H-pyrrole nitrogens is 1. The largest absolute Gasteiger partial charge is 0.326 e. The number of carbonyl (C=O) groups excluding carboxylic acids is 1. The fraction of sp³-hybridized carbons (Fsp3) is 0.0667. The van der Waals surface area contributed by atoms with Crippen LogP contribution in [0.3, 0.4) is 0 Å². The number of nitrogens with zero attached hydrogens (tertiary/aromatic N) is 1. The van der Waals surface area contributed by atoms with Crippen molar-refractivity contribution in [1.82, 2.24) is 9.55 Å². The van der Waals surface area contributed by atoms with E-state index in [9.17, 15) is 14.0 Å². The van der Waals surface area contributed by atoms with Crippen molar-refractivity contribution < 1.29 is 9.18 Å². The van der Waals surface area contributed by atoms with Crippen molar-refractivity contribution in [1.29, 1.82) is 0 Å². The summed E-state index contributed by atoms with van der Waals surface area (Å²) in [5, 5.41) is 2.72. The number of aromatic amines is 1. The highest BCUT2D eigenvalue weighted by atomic mass is 35.5. The maximum absolute atomic E-state index is 13.7. The highest BCUT2D eigenvalue weighted by molar-refractivity contribution is 6.30. The molecule has 0 saturated heterocycles. The molecule has 0 aliphatic rings. The van der Waals surface area contributed by atoms with Gasteiger partial charge in [0.25, 0.3) is 5.91 Å². The number of rotatable bonds is 2. The molecule has 112 valence electrons. The second-order valence-corrected chi connectivity index (χ2v) is 5.24. The van der Waals surface area contributed by atoms with Gasteiger partial charge in [-0.05, 0) is 36.4 Å². The van der Waals surface area contributed by atoms with E-state index in [1.165, 1.54) is 16.7 Å². The van der Waals surface area contributed by atoms with E-state index in [-0.39, 0.29) is 16.4 Å². The fourth-order valence-electron chi connectivity index (χ4n) is 2.15. The average molecular weight is 320 g/mol. The molecule has 1 aromatic heterocycles. The van der Waals surface area contributed by atoms with Gasteiger partial charge in [0.05, 0.1) is 16.7 Å². The lowest BCUT2D eigenvalue weighted by molar-refractivity contribution is 0.102. The van der Waals surface area contributed by atoms with Gasteiger partial charge in [0.1, 0.15) is 5.82 Å². The summed E-state index contributed by atoms with van der Waals surface area (Å²) in [6.07, 6.45) is 0. The SMILES string of the molecule is Cn1c(=O)[nH]c2ccc(C(=O)Nc3ccc(Cl)cc3F)cc21. The van der Waals surface area contributed by atoms with Gasteiger partial charge in [-0.15, -0.1) is 0 Å². The van der Waals surface area contributed by atoms with Crippen LogP contribution in [0.5, 0.6) is 0 Å². The van der Waals surface area contributed by atoms with Crippen LogP contribution in [0.2, 0.25) is 5.02 Å². The lowest BCUT2D eigenvalue weighted by Gasteiger charge is -2.07. The Bertz CT molecular complexity index is 946. The van der Waals surface area contributed by atoms with Crippen LogP contribution in [-0.4, -0.2) is 15.5 Å². The minimum absolute atomic E-state index is 0.0393. The Morgan fingerprint density at radius 3 is 2.77 bits per heavy atom. The number of hydrogen-bond donors (Lipinski definition) is 2. The number of benzene rings is 2. The van der Waals surface area contributed by atoms with Crippen LogP contribution in [0.15, 0.2) is 41.2 Å². The molecule has 3 aromatic rings. The number of imidazole rings is 1. The summed E-state index contributed by atoms with van der Waals surface area (Å²) in [4.78, 5) is 26.4. The Kier molecular flexibility index (Phi) is 3.46. The monoisotopic (exact) mass is 319 g/mol. The van der Waals surface area contributed by atoms with Gasteiger partial charge in [-0.3, -0.25) is 9.36 Å². The molecule has 2 aromatic carbocycles. The molecule has 1 amide bonds. The highest BCUT2D eigenvalue weighted by Crippen LogP contribution is 2.20. The number of nitrogens with one attached hydrogen (secondary N) is 2. The summed E-state index contributed by atoms with van der Waals surface area (Å²) >= 11 is 5.67. The molecule has 0 radical (unpaired) electrons. The molecule has 7 heteroatoms. The zero-order chi connectivity index (χ0) is 15.9. The molecule has 2 N–H and O–H groups in total. The second kappa shape index (κ2) is 5.31. The highest BCUT2D eigenvalue weighted by Gasteiger charge is 2.12. The minimum atomic E-state index is -0.615. The predicted molar refractivity (Wildman–Crippen MR) is 82.9 cm³/mol. The van der Waals surface area contributed by atoms with E-state index in [1.807, 2.05) is 0 Å². The lowest BCUT2D eigenvalue weighted by atomic mass is 10.2. The smallest absolute Gasteiger partial charge is 0.319 e. The van der Waals surface area contributed by atoms with E-state index in [4.69, 9.17) is 11.6 Å². The predicted octanol–water partition coefficient (Wildman–Crippen LogP) is 2.91. The van der Waals surface area contributed by atoms with Gasteiger partial charge in [0.2, 0.25) is 0 Å². The third-order valence-corrected chi connectivity index (χ3v) is 3.58. The second-order valence-electron chi connectivity index (χ2n) is 4.80. The Labute approximate surface area is 129 Å². The first kappa shape index (κ1) is 14.3. The number of halogens is 2. The van der Waals surface area contributed by atoms with Crippen LogP contribution in [0.1, 0.15) is 10.4 Å². The molecule has 5 nitrogen and oxygen atoms in total. The van der Waals surface area contributed by atoms with Gasteiger partial charge in [0.15, 0.2) is 0 Å². The van der Waals surface area contributed by atoms with Gasteiger partial charge < -0.3 is 10.3 Å². The Balaban J connectivity index is 1.95. The Morgan fingerprint density at radius 1 is 1.27 bits per heavy atom. The minimum Gasteiger partial charge on any atom is -0.319 e. The molecular formula is C15H11ClFN3O2. The van der Waals surface area contributed by atoms with Crippen molar-refractivity contribution >= 4 is 34.2 Å². The van der Waals surface area contributed by atoms with Crippen LogP contribution in [-0.2, 0) is 7.05 Å². The molecule has 0 unspecified atom stereocenters. The van der Waals surface area contributed by atoms with E-state index in [1.54, 1.807) is 25.2 Å². The summed E-state index contributed by atoms with van der Waals surface area (Å²) in [5.74, 6) is -1.09. The number of anilines is 1. The third-order valence-electron chi connectivity index (χ3n) is 3.35. The summed E-state index contributed by atoms with van der Waals surface area (Å²) in [5.41, 5.74) is 1.31. The zero-order valence-electron chi connectivity index (χ0n) is 11.5. The van der Waals surface area contributed by atoms with E-state index < -0.39 is 11.7 Å². The number of aromatic nitrogens is 2. The molecule has 0 saturated carbocycles. The van der Waals surface area contributed by atoms with Crippen molar-refractivity contribution in [3.8, 4) is 0 Å². The van der Waals surface area contributed by atoms with Crippen molar-refractivity contribution in [3.05, 3.63) is 63.3 Å². The molecule has 0 aliphatic heterocycles. The summed E-state index contributed by atoms with van der Waals surface area (Å²) in [7, 11) is 1.60. The van der Waals surface area contributed by atoms with Crippen molar-refractivity contribution in [2.45, 2.75) is 0 Å². The maximum Gasteiger partial charge on any atom is 0.326 e. The van der Waals surface area contributed by atoms with Crippen molar-refractivity contribution in [3.63, 3.8) is 0 Å². The Hall–Kier alpha value is -2.60. The van der Waals surface area contributed by atoms with Crippen LogP contribution in [0.25, 0.3) is 11.0 Å². The number of carbonyl (C=O) groups is 1. The van der Waals surface area contributed by atoms with Gasteiger partial charge in [0, 0.05) is 17.6 Å². The van der Waals surface area contributed by atoms with Gasteiger partial charge in [-0.25, -0.2) is 9.18 Å². The molecule has 22 heavy (non-hydrogen) atoms. The summed E-state index contributed by atoms with van der Waals surface area (Å²) in [6, 6.07) is 8.75. The number of fused-ring (bicyclic) bond motifs is 1. The summed E-state index contributed by atoms with van der Waals surface area (Å²) < 4.78 is 15.1. The van der Waals surface area contributed by atoms with E-state index in [0.29, 0.717) is 16.6 Å². The Morgan fingerprint density at radius 2 is 2.05 bits per heavy atom. The molecule has 3 rings (SSSR count). The first-order chi connectivity index (χ1) is 10.5. The molecule has 1 heterocycles. The maximum atomic E-state index is 13.7. The summed E-state index contributed by atoms with van der Waals surface area (Å²) in [6.45, 7) is 0. The number of aryl methyl sites for hydroxylation is 1. The standard InChI is InChI=1S/C15H11ClFN3O2/c1-20-13-6-8(2-4-12(13)19-15(20)22)14(21)18-11-5-3-9(16)7-10(11)17/h2-7H,1H3,(H,18,21)(H,19,22). The van der Waals surface area contributed by atoms with E-state index in [2.05, 4.69) is 10.3 Å². The van der Waals surface area contributed by atoms with E-state index >= 15 is 0 Å². The molecule has 0 spiro atoms. The van der Waals surface area contributed by atoms with Crippen LogP contribution < -0.4 is 11.0 Å². The fourth-order valence-corrected chi connectivity index (χ4v) is 2.31. The molecular weight excluding hydrogens is 309 g/mol. The number of amides is 1. The van der Waals surface area contributed by atoms with Gasteiger partial charge in [-0.2, -0.15) is 0 Å². The lowest BCUT2D eigenvalue weighted by Crippen LogP contribution is -2.14. The molecule has 0 bridgehead atoms. The average Bonchev–Trinajstić information content (AvgIpc) is 2.77. The van der Waals surface area contributed by atoms with Crippen LogP contribution in [0, 0.1) is 5.82 Å². The zero-order valence-corrected chi connectivity index (χ0v) is 12.2. The topological polar surface area (TPSA) is 66.9 Å². The molecule has 0 atom stereocenters. The molecule has 0 aliphatic carbocycles. The van der Waals surface area contributed by atoms with Gasteiger partial charge in [-0.1, -0.05) is 11.6 Å². The quantitative estimate of drug-likeness (QED) is 0.762. The van der Waals surface area contributed by atoms with Gasteiger partial charge >= 0.3 is 5.69 Å².